The Kier molecular flexibility index (Phi) is 3.79. The molecule has 0 bridgehead atoms. The molecule has 2 heteroatoms. The molecule has 1 fully saturated rings. The third-order valence-electron chi connectivity index (χ3n) is 1.65. The summed E-state index contributed by atoms with van der Waals surface area (Å²) in [5.74, 6) is 0. The minimum atomic E-state index is 0. The van der Waals surface area contributed by atoms with E-state index in [1.807, 2.05) is 0 Å². The predicted molar refractivity (Wildman–Crippen MR) is 33.6 cm³/mol. The summed E-state index contributed by atoms with van der Waals surface area (Å²) < 4.78 is 0. The van der Waals surface area contributed by atoms with Gasteiger partial charge in [-0.15, -0.1) is 0 Å². The van der Waals surface area contributed by atoms with Gasteiger partial charge in [0.1, 0.15) is 0 Å². The zero-order chi connectivity index (χ0) is 5.11. The molecule has 0 aliphatic heterocycles. The SMILES string of the molecule is F.NC1CCCCC1. The Balaban J connectivity index is 0.000000490. The maximum atomic E-state index is 5.63. The molecule has 0 aromatic carbocycles. The number of rotatable bonds is 0. The molecule has 1 saturated carbocycles. The molecule has 0 atom stereocenters. The van der Waals surface area contributed by atoms with Crippen molar-refractivity contribution in [3.8, 4) is 0 Å². The van der Waals surface area contributed by atoms with Crippen LogP contribution in [0.25, 0.3) is 0 Å². The van der Waals surface area contributed by atoms with E-state index >= 15 is 0 Å². The first kappa shape index (κ1) is 7.89. The van der Waals surface area contributed by atoms with E-state index in [1.54, 1.807) is 0 Å². The average Bonchev–Trinajstić information content (AvgIpc) is 1.69. The van der Waals surface area contributed by atoms with E-state index in [4.69, 9.17) is 5.73 Å². The molecule has 0 saturated heterocycles. The van der Waals surface area contributed by atoms with Gasteiger partial charge in [-0.25, -0.2) is 0 Å². The topological polar surface area (TPSA) is 26.0 Å². The van der Waals surface area contributed by atoms with Gasteiger partial charge in [0.2, 0.25) is 0 Å². The first-order valence-corrected chi connectivity index (χ1v) is 3.15. The normalized spacial score (nSPS) is 22.1. The lowest BCUT2D eigenvalue weighted by atomic mass is 9.97. The fourth-order valence-electron chi connectivity index (χ4n) is 1.13. The van der Waals surface area contributed by atoms with Gasteiger partial charge in [0, 0.05) is 6.04 Å². The molecule has 2 N–H and O–H groups in total. The highest BCUT2D eigenvalue weighted by Crippen LogP contribution is 2.14. The summed E-state index contributed by atoms with van der Waals surface area (Å²) in [5.41, 5.74) is 5.63. The highest BCUT2D eigenvalue weighted by molar-refractivity contribution is 4.66. The third kappa shape index (κ3) is 2.26. The second-order valence-electron chi connectivity index (χ2n) is 2.40. The number of halogens is 1. The Labute approximate surface area is 49.6 Å². The molecule has 1 aliphatic carbocycles. The zero-order valence-corrected chi connectivity index (χ0v) is 5.10. The van der Waals surface area contributed by atoms with Crippen LogP contribution in [0, 0.1) is 0 Å². The largest absolute Gasteiger partial charge is 0.328 e. The van der Waals surface area contributed by atoms with Crippen molar-refractivity contribution >= 4 is 0 Å². The van der Waals surface area contributed by atoms with Crippen molar-refractivity contribution in [2.45, 2.75) is 38.1 Å². The third-order valence-corrected chi connectivity index (χ3v) is 1.65. The van der Waals surface area contributed by atoms with E-state index < -0.39 is 0 Å². The highest BCUT2D eigenvalue weighted by Gasteiger charge is 2.06. The summed E-state index contributed by atoms with van der Waals surface area (Å²) in [6.45, 7) is 0. The minimum Gasteiger partial charge on any atom is -0.328 e. The van der Waals surface area contributed by atoms with Crippen LogP contribution in [0.5, 0.6) is 0 Å². The van der Waals surface area contributed by atoms with Crippen molar-refractivity contribution in [1.82, 2.24) is 0 Å². The van der Waals surface area contributed by atoms with E-state index in [0.29, 0.717) is 6.04 Å². The fourth-order valence-corrected chi connectivity index (χ4v) is 1.13. The summed E-state index contributed by atoms with van der Waals surface area (Å²) in [5, 5.41) is 0. The van der Waals surface area contributed by atoms with Gasteiger partial charge in [-0.05, 0) is 12.8 Å². The van der Waals surface area contributed by atoms with Crippen molar-refractivity contribution in [3.05, 3.63) is 0 Å². The maximum absolute atomic E-state index is 5.63. The van der Waals surface area contributed by atoms with E-state index in [1.165, 1.54) is 32.1 Å². The van der Waals surface area contributed by atoms with Crippen LogP contribution in [0.15, 0.2) is 0 Å². The predicted octanol–water partition coefficient (Wildman–Crippen LogP) is 1.43. The smallest absolute Gasteiger partial charge is 0.00388 e. The van der Waals surface area contributed by atoms with Gasteiger partial charge >= 0.3 is 0 Å². The van der Waals surface area contributed by atoms with Crippen LogP contribution >= 0.6 is 0 Å². The second kappa shape index (κ2) is 3.84. The van der Waals surface area contributed by atoms with Gasteiger partial charge in [-0.2, -0.15) is 0 Å². The Bertz CT molecular complexity index is 50.5. The molecule has 1 rings (SSSR count). The van der Waals surface area contributed by atoms with Crippen LogP contribution < -0.4 is 5.73 Å². The fraction of sp³-hybridized carbons (Fsp3) is 1.00. The highest BCUT2D eigenvalue weighted by atomic mass is 19.0. The minimum absolute atomic E-state index is 0. The average molecular weight is 119 g/mol. The molecule has 0 amide bonds. The number of hydrogen-bond donors (Lipinski definition) is 1. The van der Waals surface area contributed by atoms with Crippen molar-refractivity contribution in [2.75, 3.05) is 0 Å². The van der Waals surface area contributed by atoms with Crippen LogP contribution in [0.4, 0.5) is 4.70 Å². The van der Waals surface area contributed by atoms with Crippen molar-refractivity contribution in [2.24, 2.45) is 5.73 Å². The van der Waals surface area contributed by atoms with Gasteiger partial charge in [-0.1, -0.05) is 19.3 Å². The second-order valence-corrected chi connectivity index (χ2v) is 2.40. The van der Waals surface area contributed by atoms with Gasteiger partial charge in [0.05, 0.1) is 0 Å². The summed E-state index contributed by atoms with van der Waals surface area (Å²) >= 11 is 0. The molecule has 0 heterocycles. The van der Waals surface area contributed by atoms with E-state index in [-0.39, 0.29) is 4.70 Å². The van der Waals surface area contributed by atoms with Crippen LogP contribution in [0.1, 0.15) is 32.1 Å². The van der Waals surface area contributed by atoms with Crippen molar-refractivity contribution < 1.29 is 4.70 Å². The molecule has 0 aromatic rings. The molecule has 0 spiro atoms. The summed E-state index contributed by atoms with van der Waals surface area (Å²) in [6.07, 6.45) is 6.66. The lowest BCUT2D eigenvalue weighted by Crippen LogP contribution is -2.22. The molecule has 8 heavy (non-hydrogen) atoms. The van der Waals surface area contributed by atoms with Crippen LogP contribution in [0.2, 0.25) is 0 Å². The van der Waals surface area contributed by atoms with Gasteiger partial charge in [0.25, 0.3) is 0 Å². The van der Waals surface area contributed by atoms with Crippen LogP contribution in [-0.2, 0) is 0 Å². The Hall–Kier alpha value is -0.110. The zero-order valence-electron chi connectivity index (χ0n) is 5.10. The Morgan fingerprint density at radius 2 is 1.50 bits per heavy atom. The van der Waals surface area contributed by atoms with E-state index in [9.17, 15) is 0 Å². The standard InChI is InChI=1S/C6H13N.FH/c7-6-4-2-1-3-5-6;/h6H,1-5,7H2;1H. The molecule has 0 aromatic heterocycles. The Morgan fingerprint density at radius 3 is 1.75 bits per heavy atom. The quantitative estimate of drug-likeness (QED) is 0.513. The van der Waals surface area contributed by atoms with Crippen LogP contribution in [0.3, 0.4) is 0 Å². The first-order valence-electron chi connectivity index (χ1n) is 3.15. The Morgan fingerprint density at radius 1 is 1.00 bits per heavy atom. The summed E-state index contributed by atoms with van der Waals surface area (Å²) in [7, 11) is 0. The van der Waals surface area contributed by atoms with E-state index in [0.717, 1.165) is 0 Å². The van der Waals surface area contributed by atoms with Crippen molar-refractivity contribution in [3.63, 3.8) is 0 Å². The summed E-state index contributed by atoms with van der Waals surface area (Å²) in [6, 6.07) is 0.536. The lowest BCUT2D eigenvalue weighted by Gasteiger charge is -2.15. The first-order chi connectivity index (χ1) is 3.39. The summed E-state index contributed by atoms with van der Waals surface area (Å²) in [4.78, 5) is 0. The molecule has 1 aliphatic rings. The van der Waals surface area contributed by atoms with E-state index in [2.05, 4.69) is 0 Å². The molecule has 0 radical (unpaired) electrons. The maximum Gasteiger partial charge on any atom is 0.00388 e. The van der Waals surface area contributed by atoms with Gasteiger partial charge in [0.15, 0.2) is 0 Å². The van der Waals surface area contributed by atoms with Gasteiger partial charge in [-0.3, -0.25) is 4.70 Å². The number of nitrogens with two attached hydrogens (primary N) is 1. The van der Waals surface area contributed by atoms with Crippen LogP contribution in [-0.4, -0.2) is 6.04 Å². The molecule has 0 unspecified atom stereocenters. The molecule has 50 valence electrons. The van der Waals surface area contributed by atoms with Gasteiger partial charge < -0.3 is 5.73 Å². The molecular weight excluding hydrogens is 105 g/mol. The number of hydrogen-bond acceptors (Lipinski definition) is 1. The molecular formula is C6H14FN. The lowest BCUT2D eigenvalue weighted by molar-refractivity contribution is 0.441. The van der Waals surface area contributed by atoms with Crippen molar-refractivity contribution in [1.29, 1.82) is 0 Å². The monoisotopic (exact) mass is 119 g/mol. The molecule has 1 nitrogen and oxygen atoms in total.